The Labute approximate surface area is 250 Å². The molecular weight excluding hydrogens is 496 g/mol. The fourth-order valence-corrected chi connectivity index (χ4v) is 5.33. The smallest absolute Gasteiger partial charge is 0.308 e. The zero-order valence-electron chi connectivity index (χ0n) is 27.4. The zero-order valence-corrected chi connectivity index (χ0v) is 27.4. The molecule has 0 saturated carbocycles. The third-order valence-corrected chi connectivity index (χ3v) is 8.04. The van der Waals surface area contributed by atoms with Crippen LogP contribution in [-0.4, -0.2) is 18.2 Å². The van der Waals surface area contributed by atoms with Crippen LogP contribution < -0.4 is 0 Å². The van der Waals surface area contributed by atoms with E-state index in [2.05, 4.69) is 20.8 Å². The van der Waals surface area contributed by atoms with Gasteiger partial charge in [0, 0.05) is 19.3 Å². The number of ether oxygens (including phenoxy) is 2. The van der Waals surface area contributed by atoms with Gasteiger partial charge in [0.05, 0.1) is 0 Å². The van der Waals surface area contributed by atoms with E-state index in [1.807, 2.05) is 0 Å². The van der Waals surface area contributed by atoms with Crippen LogP contribution in [0.15, 0.2) is 0 Å². The molecule has 0 unspecified atom stereocenters. The molecule has 0 fully saturated rings. The second-order valence-electron chi connectivity index (χ2n) is 12.2. The summed E-state index contributed by atoms with van der Waals surface area (Å²) in [6.45, 7) is 6.75. The van der Waals surface area contributed by atoms with Crippen molar-refractivity contribution < 1.29 is 19.1 Å². The Balaban J connectivity index is 4.21. The normalized spacial score (nSPS) is 11.3. The lowest BCUT2D eigenvalue weighted by atomic mass is 10.1. The van der Waals surface area contributed by atoms with Gasteiger partial charge in [-0.3, -0.25) is 9.59 Å². The van der Waals surface area contributed by atoms with Gasteiger partial charge in [-0.2, -0.15) is 0 Å². The average Bonchev–Trinajstić information content (AvgIpc) is 2.94. The van der Waals surface area contributed by atoms with Crippen molar-refractivity contribution in [2.24, 2.45) is 0 Å². The van der Waals surface area contributed by atoms with E-state index in [1.54, 1.807) is 0 Å². The third-order valence-electron chi connectivity index (χ3n) is 8.04. The highest BCUT2D eigenvalue weighted by molar-refractivity contribution is 5.71. The summed E-state index contributed by atoms with van der Waals surface area (Å²) in [5, 5.41) is 0. The van der Waals surface area contributed by atoms with E-state index in [4.69, 9.17) is 9.47 Å². The molecule has 0 saturated heterocycles. The van der Waals surface area contributed by atoms with E-state index in [1.165, 1.54) is 135 Å². The lowest BCUT2D eigenvalue weighted by Gasteiger charge is -2.18. The fraction of sp³-hybridized carbons (Fsp3) is 0.944. The summed E-state index contributed by atoms with van der Waals surface area (Å²) in [5.41, 5.74) is 0. The Kier molecular flexibility index (Phi) is 31.6. The van der Waals surface area contributed by atoms with Gasteiger partial charge < -0.3 is 9.47 Å². The maximum atomic E-state index is 12.5. The number of carbonyl (C=O) groups is 2. The van der Waals surface area contributed by atoms with Crippen molar-refractivity contribution in [2.45, 2.75) is 220 Å². The van der Waals surface area contributed by atoms with Gasteiger partial charge in [0.2, 0.25) is 6.29 Å². The monoisotopic (exact) mass is 567 g/mol. The molecule has 0 radical (unpaired) electrons. The van der Waals surface area contributed by atoms with Gasteiger partial charge in [-0.05, 0) is 19.3 Å². The lowest BCUT2D eigenvalue weighted by molar-refractivity contribution is -0.189. The van der Waals surface area contributed by atoms with Crippen LogP contribution in [-0.2, 0) is 19.1 Å². The van der Waals surface area contributed by atoms with Gasteiger partial charge in [-0.25, -0.2) is 0 Å². The van der Waals surface area contributed by atoms with Crippen molar-refractivity contribution in [3.05, 3.63) is 0 Å². The summed E-state index contributed by atoms with van der Waals surface area (Å²) in [4.78, 5) is 25.0. The predicted octanol–water partition coefficient (Wildman–Crippen LogP) is 12.2. The number of hydrogen-bond acceptors (Lipinski definition) is 4. The summed E-state index contributed by atoms with van der Waals surface area (Å²) in [6.07, 6.45) is 34.0. The van der Waals surface area contributed by atoms with E-state index >= 15 is 0 Å². The van der Waals surface area contributed by atoms with Crippen molar-refractivity contribution in [1.29, 1.82) is 0 Å². The minimum absolute atomic E-state index is 0.209. The van der Waals surface area contributed by atoms with Gasteiger partial charge in [0.15, 0.2) is 0 Å². The van der Waals surface area contributed by atoms with Crippen LogP contribution >= 0.6 is 0 Å². The van der Waals surface area contributed by atoms with Crippen LogP contribution in [0, 0.1) is 0 Å². The standard InChI is InChI=1S/C36H70O4/c1-4-7-10-13-16-19-22-25-28-31-34(37)39-36(33-30-27-24-21-18-15-12-9-6-3)40-35(38)32-29-26-23-20-17-14-11-8-5-2/h36H,4-33H2,1-3H3. The van der Waals surface area contributed by atoms with E-state index in [-0.39, 0.29) is 11.9 Å². The Hall–Kier alpha value is -1.06. The number of rotatable bonds is 32. The summed E-state index contributed by atoms with van der Waals surface area (Å²) < 4.78 is 11.3. The molecular formula is C36H70O4. The molecule has 40 heavy (non-hydrogen) atoms. The largest absolute Gasteiger partial charge is 0.425 e. The minimum atomic E-state index is -0.707. The third kappa shape index (κ3) is 29.9. The second kappa shape index (κ2) is 32.5. The lowest BCUT2D eigenvalue weighted by Crippen LogP contribution is -2.24. The number of esters is 2. The Morgan fingerprint density at radius 3 is 0.925 bits per heavy atom. The molecule has 0 amide bonds. The van der Waals surface area contributed by atoms with Crippen LogP contribution in [0.1, 0.15) is 213 Å². The molecule has 0 bridgehead atoms. The highest BCUT2D eigenvalue weighted by Crippen LogP contribution is 2.17. The highest BCUT2D eigenvalue weighted by Gasteiger charge is 2.18. The molecule has 238 valence electrons. The quantitative estimate of drug-likeness (QED) is 0.0461. The topological polar surface area (TPSA) is 52.6 Å². The van der Waals surface area contributed by atoms with Gasteiger partial charge in [0.1, 0.15) is 0 Å². The van der Waals surface area contributed by atoms with Gasteiger partial charge in [-0.1, -0.05) is 175 Å². The number of hydrogen-bond donors (Lipinski definition) is 0. The van der Waals surface area contributed by atoms with Crippen molar-refractivity contribution in [1.82, 2.24) is 0 Å². The number of unbranched alkanes of at least 4 members (excludes halogenated alkanes) is 24. The van der Waals surface area contributed by atoms with Gasteiger partial charge in [0.25, 0.3) is 0 Å². The van der Waals surface area contributed by atoms with Crippen molar-refractivity contribution in [2.75, 3.05) is 0 Å². The second-order valence-corrected chi connectivity index (χ2v) is 12.2. The zero-order chi connectivity index (χ0) is 29.4. The molecule has 0 atom stereocenters. The Morgan fingerprint density at radius 1 is 0.375 bits per heavy atom. The first-order valence-corrected chi connectivity index (χ1v) is 18.0. The summed E-state index contributed by atoms with van der Waals surface area (Å²) >= 11 is 0. The molecule has 4 heteroatoms. The summed E-state index contributed by atoms with van der Waals surface area (Å²) in [6, 6.07) is 0. The number of carbonyl (C=O) groups excluding carboxylic acids is 2. The maximum Gasteiger partial charge on any atom is 0.308 e. The van der Waals surface area contributed by atoms with Crippen molar-refractivity contribution in [3.8, 4) is 0 Å². The van der Waals surface area contributed by atoms with Crippen LogP contribution in [0.3, 0.4) is 0 Å². The van der Waals surface area contributed by atoms with E-state index in [0.29, 0.717) is 19.3 Å². The first kappa shape index (κ1) is 38.9. The summed E-state index contributed by atoms with van der Waals surface area (Å²) in [7, 11) is 0. The van der Waals surface area contributed by atoms with Crippen LogP contribution in [0.25, 0.3) is 0 Å². The van der Waals surface area contributed by atoms with Crippen LogP contribution in [0.5, 0.6) is 0 Å². The van der Waals surface area contributed by atoms with Crippen LogP contribution in [0.4, 0.5) is 0 Å². The summed E-state index contributed by atoms with van der Waals surface area (Å²) in [5.74, 6) is -0.417. The van der Waals surface area contributed by atoms with Gasteiger partial charge in [-0.15, -0.1) is 0 Å². The predicted molar refractivity (Wildman–Crippen MR) is 172 cm³/mol. The Morgan fingerprint density at radius 2 is 0.625 bits per heavy atom. The van der Waals surface area contributed by atoms with Crippen molar-refractivity contribution >= 4 is 11.9 Å². The molecule has 0 aromatic heterocycles. The van der Waals surface area contributed by atoms with Gasteiger partial charge >= 0.3 is 11.9 Å². The van der Waals surface area contributed by atoms with E-state index in [0.717, 1.165) is 38.5 Å². The van der Waals surface area contributed by atoms with Crippen LogP contribution in [0.2, 0.25) is 0 Å². The average molecular weight is 567 g/mol. The molecule has 0 aliphatic heterocycles. The molecule has 0 aliphatic carbocycles. The first-order chi connectivity index (χ1) is 19.6. The molecule has 0 aliphatic rings. The molecule has 0 aromatic rings. The van der Waals surface area contributed by atoms with E-state index in [9.17, 15) is 9.59 Å². The fourth-order valence-electron chi connectivity index (χ4n) is 5.33. The Bertz CT molecular complexity index is 497. The molecule has 0 aromatic carbocycles. The maximum absolute atomic E-state index is 12.5. The van der Waals surface area contributed by atoms with E-state index < -0.39 is 6.29 Å². The molecule has 4 nitrogen and oxygen atoms in total. The SMILES string of the molecule is CCCCCCCCCCCC(=O)OC(CCCCCCCCCCC)OC(=O)CCCCCCCCCCC. The highest BCUT2D eigenvalue weighted by atomic mass is 16.7. The molecule has 0 heterocycles. The first-order valence-electron chi connectivity index (χ1n) is 18.0. The van der Waals surface area contributed by atoms with Crippen molar-refractivity contribution in [3.63, 3.8) is 0 Å². The molecule has 0 N–H and O–H groups in total. The minimum Gasteiger partial charge on any atom is -0.425 e. The molecule has 0 rings (SSSR count). The molecule has 0 spiro atoms.